The number of nitrogens with one attached hydrogen (secondary N) is 1. The molecule has 2 aromatic heterocycles. The van der Waals surface area contributed by atoms with Gasteiger partial charge < -0.3 is 18.9 Å². The molecule has 0 aliphatic carbocycles. The van der Waals surface area contributed by atoms with Crippen LogP contribution < -0.4 is 21.1 Å². The molecule has 0 spiro atoms. The maximum Gasteiger partial charge on any atom is 0.349 e. The van der Waals surface area contributed by atoms with E-state index >= 15 is 0 Å². The molecule has 0 aliphatic rings. The van der Waals surface area contributed by atoms with E-state index in [1.165, 1.54) is 19.2 Å². The Morgan fingerprint density at radius 3 is 2.42 bits per heavy atom. The van der Waals surface area contributed by atoms with E-state index in [0.717, 1.165) is 0 Å². The van der Waals surface area contributed by atoms with Crippen LogP contribution >= 0.6 is 0 Å². The van der Waals surface area contributed by atoms with Crippen LogP contribution in [0, 0.1) is 0 Å². The van der Waals surface area contributed by atoms with E-state index in [2.05, 4.69) is 5.32 Å². The first-order chi connectivity index (χ1) is 16.0. The lowest BCUT2D eigenvalue weighted by atomic mass is 10.1. The van der Waals surface area contributed by atoms with E-state index in [9.17, 15) is 14.4 Å². The van der Waals surface area contributed by atoms with E-state index in [-0.39, 0.29) is 11.0 Å². The molecule has 162 valence electrons. The first-order valence-electron chi connectivity index (χ1n) is 10.1. The van der Waals surface area contributed by atoms with Crippen molar-refractivity contribution in [3.05, 3.63) is 105 Å². The quantitative estimate of drug-likeness (QED) is 0.403. The predicted molar refractivity (Wildman–Crippen MR) is 125 cm³/mol. The molecule has 1 amide bonds. The molecule has 0 atom stereocenters. The van der Waals surface area contributed by atoms with Gasteiger partial charge in [0.2, 0.25) is 0 Å². The van der Waals surface area contributed by atoms with Gasteiger partial charge in [0.1, 0.15) is 28.2 Å². The highest BCUT2D eigenvalue weighted by Crippen LogP contribution is 2.26. The highest BCUT2D eigenvalue weighted by atomic mass is 16.5. The van der Waals surface area contributed by atoms with E-state index in [1.54, 1.807) is 66.7 Å². The van der Waals surface area contributed by atoms with Crippen molar-refractivity contribution >= 4 is 33.5 Å². The molecule has 7 heteroatoms. The SMILES string of the molecule is COc1ccc2oc(-c3ccc(NC(=O)c4cc5ccccc5oc4=O)cc3)cc(=O)c2c1. The van der Waals surface area contributed by atoms with Crippen LogP contribution in [0.5, 0.6) is 5.75 Å². The molecule has 0 fully saturated rings. The summed E-state index contributed by atoms with van der Waals surface area (Å²) in [5.41, 5.74) is 1.01. The number of para-hydroxylation sites is 1. The van der Waals surface area contributed by atoms with Crippen LogP contribution in [0.15, 0.2) is 97.3 Å². The average Bonchev–Trinajstić information content (AvgIpc) is 2.83. The summed E-state index contributed by atoms with van der Waals surface area (Å²) in [6, 6.07) is 21.7. The van der Waals surface area contributed by atoms with Gasteiger partial charge in [0.05, 0.1) is 12.5 Å². The average molecular weight is 439 g/mol. The van der Waals surface area contributed by atoms with Gasteiger partial charge >= 0.3 is 5.63 Å². The summed E-state index contributed by atoms with van der Waals surface area (Å²) < 4.78 is 16.3. The Kier molecular flexibility index (Phi) is 4.99. The number of ether oxygens (including phenoxy) is 1. The topological polar surface area (TPSA) is 98.8 Å². The molecule has 0 saturated carbocycles. The molecule has 0 saturated heterocycles. The van der Waals surface area contributed by atoms with Gasteiger partial charge in [0, 0.05) is 22.7 Å². The largest absolute Gasteiger partial charge is 0.497 e. The summed E-state index contributed by atoms with van der Waals surface area (Å²) in [6.07, 6.45) is 0. The number of amides is 1. The Morgan fingerprint density at radius 2 is 1.64 bits per heavy atom. The third-order valence-corrected chi connectivity index (χ3v) is 5.25. The second-order valence-corrected chi connectivity index (χ2v) is 7.35. The zero-order valence-electron chi connectivity index (χ0n) is 17.5. The standard InChI is InChI=1S/C26H17NO6/c1-31-18-10-11-23-19(13-18)21(28)14-24(32-23)15-6-8-17(9-7-15)27-25(29)20-12-16-4-2-3-5-22(16)33-26(20)30/h2-14H,1H3,(H,27,29). The zero-order valence-corrected chi connectivity index (χ0v) is 17.5. The van der Waals surface area contributed by atoms with Crippen molar-refractivity contribution < 1.29 is 18.4 Å². The molecule has 0 unspecified atom stereocenters. The van der Waals surface area contributed by atoms with Crippen molar-refractivity contribution in [3.63, 3.8) is 0 Å². The second kappa shape index (κ2) is 8.12. The van der Waals surface area contributed by atoms with Gasteiger partial charge in [-0.25, -0.2) is 4.79 Å². The monoisotopic (exact) mass is 439 g/mol. The van der Waals surface area contributed by atoms with Crippen LogP contribution in [-0.4, -0.2) is 13.0 Å². The molecule has 0 radical (unpaired) electrons. The Morgan fingerprint density at radius 1 is 0.848 bits per heavy atom. The van der Waals surface area contributed by atoms with Crippen LogP contribution in [0.4, 0.5) is 5.69 Å². The summed E-state index contributed by atoms with van der Waals surface area (Å²) >= 11 is 0. The minimum atomic E-state index is -0.711. The number of carbonyl (C=O) groups is 1. The number of carbonyl (C=O) groups excluding carboxylic acids is 1. The second-order valence-electron chi connectivity index (χ2n) is 7.35. The summed E-state index contributed by atoms with van der Waals surface area (Å²) in [4.78, 5) is 37.4. The van der Waals surface area contributed by atoms with Crippen LogP contribution in [0.25, 0.3) is 33.3 Å². The van der Waals surface area contributed by atoms with Crippen LogP contribution in [0.2, 0.25) is 0 Å². The molecule has 33 heavy (non-hydrogen) atoms. The Labute approximate surface area is 186 Å². The number of rotatable bonds is 4. The van der Waals surface area contributed by atoms with Crippen molar-refractivity contribution in [2.24, 2.45) is 0 Å². The highest BCUT2D eigenvalue weighted by molar-refractivity contribution is 6.05. The van der Waals surface area contributed by atoms with Gasteiger partial charge in [0.15, 0.2) is 5.43 Å². The number of anilines is 1. The number of fused-ring (bicyclic) bond motifs is 2. The Bertz CT molecular complexity index is 1630. The highest BCUT2D eigenvalue weighted by Gasteiger charge is 2.14. The molecule has 5 aromatic rings. The maximum absolute atomic E-state index is 12.6. The van der Waals surface area contributed by atoms with Crippen molar-refractivity contribution in [2.75, 3.05) is 12.4 Å². The molecule has 2 heterocycles. The lowest BCUT2D eigenvalue weighted by Gasteiger charge is -2.08. The summed E-state index contributed by atoms with van der Waals surface area (Å²) in [5, 5.41) is 3.77. The fourth-order valence-electron chi connectivity index (χ4n) is 3.54. The van der Waals surface area contributed by atoms with E-state index in [4.69, 9.17) is 13.6 Å². The molecular formula is C26H17NO6. The normalized spacial score (nSPS) is 10.9. The molecule has 1 N–H and O–H groups in total. The number of hydrogen-bond acceptors (Lipinski definition) is 6. The first-order valence-corrected chi connectivity index (χ1v) is 10.1. The van der Waals surface area contributed by atoms with Gasteiger partial charge in [0.25, 0.3) is 5.91 Å². The predicted octanol–water partition coefficient (Wildman–Crippen LogP) is 4.83. The molecule has 0 aliphatic heterocycles. The fourth-order valence-corrected chi connectivity index (χ4v) is 3.54. The van der Waals surface area contributed by atoms with Gasteiger partial charge in [-0.2, -0.15) is 0 Å². The van der Waals surface area contributed by atoms with Crippen LogP contribution in [0.1, 0.15) is 10.4 Å². The van der Waals surface area contributed by atoms with E-state index in [0.29, 0.717) is 44.7 Å². The Balaban J connectivity index is 1.41. The van der Waals surface area contributed by atoms with Crippen LogP contribution in [0.3, 0.4) is 0 Å². The molecule has 7 nitrogen and oxygen atoms in total. The van der Waals surface area contributed by atoms with Gasteiger partial charge in [-0.1, -0.05) is 18.2 Å². The fraction of sp³-hybridized carbons (Fsp3) is 0.0385. The first kappa shape index (κ1) is 20.3. The number of hydrogen-bond donors (Lipinski definition) is 1. The molecule has 5 rings (SSSR count). The lowest BCUT2D eigenvalue weighted by Crippen LogP contribution is -2.20. The number of methoxy groups -OCH3 is 1. The van der Waals surface area contributed by atoms with Crippen LogP contribution in [-0.2, 0) is 0 Å². The summed E-state index contributed by atoms with van der Waals surface area (Å²) in [7, 11) is 1.53. The third kappa shape index (κ3) is 3.87. The van der Waals surface area contributed by atoms with Gasteiger partial charge in [-0.3, -0.25) is 9.59 Å². The van der Waals surface area contributed by atoms with E-state index in [1.807, 2.05) is 0 Å². The summed E-state index contributed by atoms with van der Waals surface area (Å²) in [6.45, 7) is 0. The molecule has 0 bridgehead atoms. The smallest absolute Gasteiger partial charge is 0.349 e. The van der Waals surface area contributed by atoms with Gasteiger partial charge in [-0.15, -0.1) is 0 Å². The van der Waals surface area contributed by atoms with E-state index < -0.39 is 11.5 Å². The van der Waals surface area contributed by atoms with Crippen molar-refractivity contribution in [1.82, 2.24) is 0 Å². The molecule has 3 aromatic carbocycles. The Hall–Kier alpha value is -4.65. The minimum Gasteiger partial charge on any atom is -0.497 e. The third-order valence-electron chi connectivity index (χ3n) is 5.25. The maximum atomic E-state index is 12.6. The zero-order chi connectivity index (χ0) is 22.9. The van der Waals surface area contributed by atoms with Crippen molar-refractivity contribution in [1.29, 1.82) is 0 Å². The van der Waals surface area contributed by atoms with Gasteiger partial charge in [-0.05, 0) is 54.6 Å². The minimum absolute atomic E-state index is 0.0891. The van der Waals surface area contributed by atoms with Crippen molar-refractivity contribution in [3.8, 4) is 17.1 Å². The summed E-state index contributed by atoms with van der Waals surface area (Å²) in [5.74, 6) is 0.391. The lowest BCUT2D eigenvalue weighted by molar-refractivity contribution is 0.102. The number of benzene rings is 3. The molecular weight excluding hydrogens is 422 g/mol. The van der Waals surface area contributed by atoms with Crippen molar-refractivity contribution in [2.45, 2.75) is 0 Å².